The third kappa shape index (κ3) is 3.40. The van der Waals surface area contributed by atoms with Crippen molar-refractivity contribution in [2.45, 2.75) is 25.1 Å². The summed E-state index contributed by atoms with van der Waals surface area (Å²) in [6.07, 6.45) is -5.68. The van der Waals surface area contributed by atoms with Crippen molar-refractivity contribution >= 4 is 6.21 Å². The van der Waals surface area contributed by atoms with Crippen molar-refractivity contribution in [1.82, 2.24) is 5.43 Å². The number of halogens is 7. The predicted molar refractivity (Wildman–Crippen MR) is 57.9 cm³/mol. The molecule has 0 bridgehead atoms. The SMILES string of the molecule is Cc1ccc(/C=N/NC(F)(F)C(F)(F)C(F)(F)F)cc1. The van der Waals surface area contributed by atoms with E-state index in [0.29, 0.717) is 11.6 Å². The Morgan fingerprint density at radius 3 is 1.90 bits per heavy atom. The molecular formula is C11H9F7N2. The molecule has 0 aliphatic heterocycles. The van der Waals surface area contributed by atoms with Crippen LogP contribution in [0.5, 0.6) is 0 Å². The molecule has 0 aromatic heterocycles. The molecule has 1 rings (SSSR count). The van der Waals surface area contributed by atoms with Crippen molar-refractivity contribution in [2.24, 2.45) is 5.10 Å². The molecule has 0 saturated carbocycles. The fourth-order valence-corrected chi connectivity index (χ4v) is 1.09. The largest absolute Gasteiger partial charge is 0.462 e. The van der Waals surface area contributed by atoms with Crippen molar-refractivity contribution in [3.05, 3.63) is 35.4 Å². The lowest BCUT2D eigenvalue weighted by molar-refractivity contribution is -0.361. The molecule has 112 valence electrons. The summed E-state index contributed by atoms with van der Waals surface area (Å²) in [7, 11) is 0. The van der Waals surface area contributed by atoms with E-state index < -0.39 is 18.1 Å². The Balaban J connectivity index is 2.79. The van der Waals surface area contributed by atoms with E-state index in [2.05, 4.69) is 5.10 Å². The Morgan fingerprint density at radius 2 is 1.45 bits per heavy atom. The van der Waals surface area contributed by atoms with E-state index in [1.807, 2.05) is 0 Å². The molecule has 0 amide bonds. The van der Waals surface area contributed by atoms with E-state index in [9.17, 15) is 30.7 Å². The Bertz CT molecular complexity index is 477. The molecule has 1 aromatic carbocycles. The lowest BCUT2D eigenvalue weighted by atomic mass is 10.2. The van der Waals surface area contributed by atoms with E-state index in [1.165, 1.54) is 12.1 Å². The molecule has 0 heterocycles. The highest BCUT2D eigenvalue weighted by Crippen LogP contribution is 2.44. The van der Waals surface area contributed by atoms with E-state index in [1.54, 1.807) is 19.1 Å². The average Bonchev–Trinajstić information content (AvgIpc) is 2.30. The van der Waals surface area contributed by atoms with Gasteiger partial charge in [-0.05, 0) is 12.5 Å². The molecule has 1 aromatic rings. The van der Waals surface area contributed by atoms with Crippen molar-refractivity contribution in [2.75, 3.05) is 0 Å². The maximum absolute atomic E-state index is 12.8. The Morgan fingerprint density at radius 1 is 0.950 bits per heavy atom. The van der Waals surface area contributed by atoms with Crippen LogP contribution in [0, 0.1) is 6.92 Å². The monoisotopic (exact) mass is 302 g/mol. The van der Waals surface area contributed by atoms with Gasteiger partial charge in [0.05, 0.1) is 6.21 Å². The van der Waals surface area contributed by atoms with Crippen LogP contribution in [0.3, 0.4) is 0 Å². The Labute approximate surface area is 109 Å². The number of aryl methyl sites for hydroxylation is 1. The number of rotatable bonds is 4. The van der Waals surface area contributed by atoms with Crippen LogP contribution in [0.15, 0.2) is 29.4 Å². The highest BCUT2D eigenvalue weighted by Gasteiger charge is 2.73. The first-order valence-electron chi connectivity index (χ1n) is 5.16. The number of nitrogens with zero attached hydrogens (tertiary/aromatic N) is 1. The number of hydrazone groups is 1. The second-order valence-corrected chi connectivity index (χ2v) is 3.93. The number of hydrogen-bond donors (Lipinski definition) is 1. The first-order chi connectivity index (χ1) is 8.97. The first-order valence-corrected chi connectivity index (χ1v) is 5.16. The summed E-state index contributed by atoms with van der Waals surface area (Å²) in [4.78, 5) is 0. The summed E-state index contributed by atoms with van der Waals surface area (Å²) >= 11 is 0. The zero-order valence-corrected chi connectivity index (χ0v) is 9.98. The molecule has 0 aliphatic carbocycles. The van der Waals surface area contributed by atoms with Crippen molar-refractivity contribution in [1.29, 1.82) is 0 Å². The lowest BCUT2D eigenvalue weighted by Gasteiger charge is -2.27. The molecular weight excluding hydrogens is 293 g/mol. The van der Waals surface area contributed by atoms with Gasteiger partial charge in [0.2, 0.25) is 0 Å². The van der Waals surface area contributed by atoms with Crippen LogP contribution in [0.1, 0.15) is 11.1 Å². The van der Waals surface area contributed by atoms with Gasteiger partial charge in [0, 0.05) is 0 Å². The van der Waals surface area contributed by atoms with Gasteiger partial charge in [-0.3, -0.25) is 0 Å². The highest BCUT2D eigenvalue weighted by molar-refractivity contribution is 5.79. The quantitative estimate of drug-likeness (QED) is 0.390. The summed E-state index contributed by atoms with van der Waals surface area (Å²) in [6.45, 7) is 1.75. The first kappa shape index (κ1) is 16.3. The minimum absolute atomic E-state index is 0.259. The zero-order chi connectivity index (χ0) is 15.6. The van der Waals surface area contributed by atoms with Gasteiger partial charge in [-0.2, -0.15) is 35.8 Å². The van der Waals surface area contributed by atoms with E-state index in [0.717, 1.165) is 5.56 Å². The maximum atomic E-state index is 12.8. The Kier molecular flexibility index (Phi) is 4.30. The summed E-state index contributed by atoms with van der Waals surface area (Å²) in [5, 5.41) is 2.72. The summed E-state index contributed by atoms with van der Waals surface area (Å²) < 4.78 is 85.9. The van der Waals surface area contributed by atoms with Crippen LogP contribution < -0.4 is 5.43 Å². The summed E-state index contributed by atoms with van der Waals surface area (Å²) in [6, 6.07) is 0.487. The minimum atomic E-state index is -6.39. The topological polar surface area (TPSA) is 24.4 Å². The smallest absolute Gasteiger partial charge is 0.242 e. The molecule has 0 aliphatic rings. The number of nitrogens with one attached hydrogen (secondary N) is 1. The van der Waals surface area contributed by atoms with E-state index in [4.69, 9.17) is 0 Å². The maximum Gasteiger partial charge on any atom is 0.462 e. The molecule has 0 fully saturated rings. The molecule has 9 heteroatoms. The minimum Gasteiger partial charge on any atom is -0.242 e. The van der Waals surface area contributed by atoms with Gasteiger partial charge in [0.1, 0.15) is 0 Å². The molecule has 0 unspecified atom stereocenters. The van der Waals surface area contributed by atoms with Gasteiger partial charge in [-0.25, -0.2) is 5.43 Å². The second kappa shape index (κ2) is 5.29. The molecule has 20 heavy (non-hydrogen) atoms. The van der Waals surface area contributed by atoms with Crippen LogP contribution in [-0.4, -0.2) is 24.4 Å². The average molecular weight is 302 g/mol. The fraction of sp³-hybridized carbons (Fsp3) is 0.364. The summed E-state index contributed by atoms with van der Waals surface area (Å²) in [5.41, 5.74) is 1.64. The molecule has 0 radical (unpaired) electrons. The number of hydrogen-bond acceptors (Lipinski definition) is 2. The van der Waals surface area contributed by atoms with Gasteiger partial charge >= 0.3 is 18.1 Å². The molecule has 0 spiro atoms. The fourth-order valence-electron chi connectivity index (χ4n) is 1.09. The number of benzene rings is 1. The van der Waals surface area contributed by atoms with E-state index >= 15 is 0 Å². The standard InChI is InChI=1S/C11H9F7N2/c1-7-2-4-8(5-3-7)6-19-20-11(17,18)9(12,13)10(14,15)16/h2-6,20H,1H3/b19-6+. The van der Waals surface area contributed by atoms with Crippen LogP contribution >= 0.6 is 0 Å². The van der Waals surface area contributed by atoms with E-state index in [-0.39, 0.29) is 5.56 Å². The normalized spacial score (nSPS) is 13.8. The van der Waals surface area contributed by atoms with Crippen LogP contribution in [0.4, 0.5) is 30.7 Å². The van der Waals surface area contributed by atoms with Gasteiger partial charge in [0.25, 0.3) is 0 Å². The van der Waals surface area contributed by atoms with Crippen LogP contribution in [0.25, 0.3) is 0 Å². The van der Waals surface area contributed by atoms with Crippen molar-refractivity contribution < 1.29 is 30.7 Å². The molecule has 2 nitrogen and oxygen atoms in total. The van der Waals surface area contributed by atoms with Crippen molar-refractivity contribution in [3.8, 4) is 0 Å². The lowest BCUT2D eigenvalue weighted by Crippen LogP contribution is -2.58. The van der Waals surface area contributed by atoms with Crippen LogP contribution in [-0.2, 0) is 0 Å². The highest BCUT2D eigenvalue weighted by atomic mass is 19.4. The predicted octanol–water partition coefficient (Wildman–Crippen LogP) is 3.71. The third-order valence-corrected chi connectivity index (χ3v) is 2.25. The molecule has 0 saturated heterocycles. The zero-order valence-electron chi connectivity index (χ0n) is 9.98. The Hall–Kier alpha value is -1.80. The van der Waals surface area contributed by atoms with Gasteiger partial charge in [-0.15, -0.1) is 0 Å². The number of alkyl halides is 7. The third-order valence-electron chi connectivity index (χ3n) is 2.25. The van der Waals surface area contributed by atoms with Gasteiger partial charge in [0.15, 0.2) is 0 Å². The van der Waals surface area contributed by atoms with Crippen molar-refractivity contribution in [3.63, 3.8) is 0 Å². The molecule has 1 N–H and O–H groups in total. The van der Waals surface area contributed by atoms with Gasteiger partial charge in [-0.1, -0.05) is 29.8 Å². The second-order valence-electron chi connectivity index (χ2n) is 3.93. The summed E-state index contributed by atoms with van der Waals surface area (Å²) in [5.74, 6) is -6.23. The molecule has 0 atom stereocenters. The van der Waals surface area contributed by atoms with Gasteiger partial charge < -0.3 is 0 Å². The van der Waals surface area contributed by atoms with Crippen LogP contribution in [0.2, 0.25) is 0 Å².